The Morgan fingerprint density at radius 2 is 1.96 bits per heavy atom. The first-order chi connectivity index (χ1) is 12.7. The lowest BCUT2D eigenvalue weighted by molar-refractivity contribution is -0.113. The van der Waals surface area contributed by atoms with Gasteiger partial charge in [0.05, 0.1) is 23.9 Å². The van der Waals surface area contributed by atoms with Crippen LogP contribution >= 0.6 is 11.3 Å². The maximum atomic E-state index is 12.7. The first-order valence-electron chi connectivity index (χ1n) is 7.72. The Balaban J connectivity index is 1.85. The van der Waals surface area contributed by atoms with Gasteiger partial charge in [-0.2, -0.15) is 0 Å². The molecule has 2 heterocycles. The van der Waals surface area contributed by atoms with E-state index in [0.29, 0.717) is 22.1 Å². The Kier molecular flexibility index (Phi) is 5.50. The lowest BCUT2D eigenvalue weighted by atomic mass is 10.2. The summed E-state index contributed by atoms with van der Waals surface area (Å²) in [6.45, 7) is 0. The average Bonchev–Trinajstić information content (AvgIpc) is 3.35. The number of methoxy groups -OCH3 is 1. The predicted molar refractivity (Wildman–Crippen MR) is 100 cm³/mol. The predicted octanol–water partition coefficient (Wildman–Crippen LogP) is 3.76. The number of hydrogen-bond acceptors (Lipinski definition) is 5. The number of nitrogens with one attached hydrogen (secondary N) is 2. The quantitative estimate of drug-likeness (QED) is 0.649. The van der Waals surface area contributed by atoms with Gasteiger partial charge in [0.2, 0.25) is 0 Å². The fourth-order valence-electron chi connectivity index (χ4n) is 2.20. The second-order valence-electron chi connectivity index (χ2n) is 5.16. The third-order valence-corrected chi connectivity index (χ3v) is 4.29. The van der Waals surface area contributed by atoms with E-state index in [2.05, 4.69) is 10.6 Å². The van der Waals surface area contributed by atoms with Gasteiger partial charge in [-0.25, -0.2) is 0 Å². The van der Waals surface area contributed by atoms with Crippen molar-refractivity contribution in [1.29, 1.82) is 0 Å². The summed E-state index contributed by atoms with van der Waals surface area (Å²) in [5.41, 5.74) is 0.556. The second kappa shape index (κ2) is 8.17. The average molecular weight is 368 g/mol. The van der Waals surface area contributed by atoms with E-state index in [0.717, 1.165) is 0 Å². The molecule has 0 aliphatic heterocycles. The Morgan fingerprint density at radius 3 is 2.65 bits per heavy atom. The first-order valence-corrected chi connectivity index (χ1v) is 8.60. The minimum Gasteiger partial charge on any atom is -0.495 e. The molecule has 0 atom stereocenters. The maximum Gasteiger partial charge on any atom is 0.272 e. The standard InChI is InChI=1S/C19H16N2O4S/c1-24-16-8-3-2-7-14(16)20-18(22)15(12-13-6-4-10-25-13)21-19(23)17-9-5-11-26-17/h2-12H,1H3,(H,20,22)(H,21,23). The van der Waals surface area contributed by atoms with Gasteiger partial charge in [-0.1, -0.05) is 18.2 Å². The molecule has 0 spiro atoms. The van der Waals surface area contributed by atoms with Gasteiger partial charge in [-0.3, -0.25) is 9.59 Å². The monoisotopic (exact) mass is 368 g/mol. The highest BCUT2D eigenvalue weighted by Crippen LogP contribution is 2.23. The van der Waals surface area contributed by atoms with Crippen LogP contribution in [0.25, 0.3) is 6.08 Å². The summed E-state index contributed by atoms with van der Waals surface area (Å²) in [5.74, 6) is 0.105. The number of para-hydroxylation sites is 2. The van der Waals surface area contributed by atoms with Gasteiger partial charge in [0.15, 0.2) is 0 Å². The Bertz CT molecular complexity index is 915. The number of benzene rings is 1. The summed E-state index contributed by atoms with van der Waals surface area (Å²) in [7, 11) is 1.52. The van der Waals surface area contributed by atoms with E-state index < -0.39 is 5.91 Å². The van der Waals surface area contributed by atoms with E-state index in [9.17, 15) is 9.59 Å². The van der Waals surface area contributed by atoms with E-state index in [4.69, 9.17) is 9.15 Å². The second-order valence-corrected chi connectivity index (χ2v) is 6.11. The van der Waals surface area contributed by atoms with Crippen LogP contribution in [0.1, 0.15) is 15.4 Å². The molecule has 2 aromatic heterocycles. The van der Waals surface area contributed by atoms with Gasteiger partial charge in [0, 0.05) is 6.08 Å². The maximum absolute atomic E-state index is 12.7. The lowest BCUT2D eigenvalue weighted by Crippen LogP contribution is -2.30. The molecule has 2 amide bonds. The molecule has 0 saturated carbocycles. The molecular weight excluding hydrogens is 352 g/mol. The van der Waals surface area contributed by atoms with Crippen molar-refractivity contribution in [3.63, 3.8) is 0 Å². The fourth-order valence-corrected chi connectivity index (χ4v) is 2.82. The molecule has 0 bridgehead atoms. The zero-order valence-corrected chi connectivity index (χ0v) is 14.7. The number of carbonyl (C=O) groups excluding carboxylic acids is 2. The topological polar surface area (TPSA) is 80.6 Å². The number of carbonyl (C=O) groups is 2. The van der Waals surface area contributed by atoms with Crippen molar-refractivity contribution in [3.05, 3.63) is 76.5 Å². The van der Waals surface area contributed by atoms with E-state index >= 15 is 0 Å². The minimum atomic E-state index is -0.490. The minimum absolute atomic E-state index is 0.0595. The van der Waals surface area contributed by atoms with Crippen LogP contribution in [0.2, 0.25) is 0 Å². The van der Waals surface area contributed by atoms with Crippen LogP contribution in [0, 0.1) is 0 Å². The van der Waals surface area contributed by atoms with Gasteiger partial charge in [0.25, 0.3) is 11.8 Å². The van der Waals surface area contributed by atoms with Gasteiger partial charge in [0.1, 0.15) is 17.2 Å². The van der Waals surface area contributed by atoms with Crippen molar-refractivity contribution >= 4 is 34.9 Å². The van der Waals surface area contributed by atoms with Crippen LogP contribution in [0.3, 0.4) is 0 Å². The smallest absolute Gasteiger partial charge is 0.272 e. The molecule has 0 unspecified atom stereocenters. The zero-order valence-electron chi connectivity index (χ0n) is 13.9. The van der Waals surface area contributed by atoms with Gasteiger partial charge in [-0.05, 0) is 35.7 Å². The van der Waals surface area contributed by atoms with Crippen molar-refractivity contribution < 1.29 is 18.7 Å². The highest BCUT2D eigenvalue weighted by atomic mass is 32.1. The molecule has 3 aromatic rings. The zero-order chi connectivity index (χ0) is 18.4. The molecule has 132 valence electrons. The third kappa shape index (κ3) is 4.20. The molecule has 2 N–H and O–H groups in total. The molecule has 0 saturated heterocycles. The first kappa shape index (κ1) is 17.5. The van der Waals surface area contributed by atoms with Crippen molar-refractivity contribution in [2.24, 2.45) is 0 Å². The number of thiophene rings is 1. The van der Waals surface area contributed by atoms with Crippen molar-refractivity contribution in [1.82, 2.24) is 5.32 Å². The summed E-state index contributed by atoms with van der Waals surface area (Å²) in [5, 5.41) is 7.17. The summed E-state index contributed by atoms with van der Waals surface area (Å²) >= 11 is 1.29. The lowest BCUT2D eigenvalue weighted by Gasteiger charge is -2.12. The molecule has 1 aromatic carbocycles. The van der Waals surface area contributed by atoms with Crippen LogP contribution in [-0.4, -0.2) is 18.9 Å². The third-order valence-electron chi connectivity index (χ3n) is 3.42. The highest BCUT2D eigenvalue weighted by Gasteiger charge is 2.17. The van der Waals surface area contributed by atoms with Crippen molar-refractivity contribution in [2.45, 2.75) is 0 Å². The number of rotatable bonds is 6. The molecule has 3 rings (SSSR count). The van der Waals surface area contributed by atoms with E-state index in [1.807, 2.05) is 0 Å². The molecule has 0 radical (unpaired) electrons. The number of furan rings is 1. The number of anilines is 1. The van der Waals surface area contributed by atoms with Gasteiger partial charge < -0.3 is 19.8 Å². The molecule has 0 fully saturated rings. The molecular formula is C19H16N2O4S. The van der Waals surface area contributed by atoms with E-state index in [-0.39, 0.29) is 11.6 Å². The Labute approximate surface area is 154 Å². The Morgan fingerprint density at radius 1 is 1.12 bits per heavy atom. The SMILES string of the molecule is COc1ccccc1NC(=O)C(=Cc1ccco1)NC(=O)c1cccs1. The van der Waals surface area contributed by atoms with E-state index in [1.54, 1.807) is 53.9 Å². The molecule has 6 nitrogen and oxygen atoms in total. The molecule has 7 heteroatoms. The van der Waals surface area contributed by atoms with Crippen molar-refractivity contribution in [2.75, 3.05) is 12.4 Å². The van der Waals surface area contributed by atoms with Gasteiger partial charge in [-0.15, -0.1) is 11.3 Å². The summed E-state index contributed by atoms with van der Waals surface area (Å²) in [4.78, 5) is 25.6. The largest absolute Gasteiger partial charge is 0.495 e. The van der Waals surface area contributed by atoms with Crippen LogP contribution < -0.4 is 15.4 Å². The Hall–Kier alpha value is -3.32. The highest BCUT2D eigenvalue weighted by molar-refractivity contribution is 7.12. The summed E-state index contributed by atoms with van der Waals surface area (Å²) < 4.78 is 10.5. The van der Waals surface area contributed by atoms with Gasteiger partial charge >= 0.3 is 0 Å². The van der Waals surface area contributed by atoms with Crippen molar-refractivity contribution in [3.8, 4) is 5.75 Å². The van der Waals surface area contributed by atoms with Crippen LogP contribution in [0.4, 0.5) is 5.69 Å². The fraction of sp³-hybridized carbons (Fsp3) is 0.0526. The summed E-state index contributed by atoms with van der Waals surface area (Å²) in [6, 6.07) is 13.9. The molecule has 26 heavy (non-hydrogen) atoms. The van der Waals surface area contributed by atoms with Crippen LogP contribution in [0.15, 0.2) is 70.3 Å². The van der Waals surface area contributed by atoms with Crippen LogP contribution in [0.5, 0.6) is 5.75 Å². The van der Waals surface area contributed by atoms with E-state index in [1.165, 1.54) is 30.8 Å². The summed E-state index contributed by atoms with van der Waals surface area (Å²) in [6.07, 6.45) is 2.96. The van der Waals surface area contributed by atoms with Crippen LogP contribution in [-0.2, 0) is 4.79 Å². The molecule has 0 aliphatic carbocycles. The number of hydrogen-bond donors (Lipinski definition) is 2. The normalized spacial score (nSPS) is 11.0. The number of amides is 2. The number of ether oxygens (including phenoxy) is 1. The molecule has 0 aliphatic rings.